The molecule has 0 aliphatic rings. The molecule has 0 aliphatic carbocycles. The molecule has 1 unspecified atom stereocenters. The molecule has 0 amide bonds. The van der Waals surface area contributed by atoms with Gasteiger partial charge in [-0.3, -0.25) is 4.57 Å². The van der Waals surface area contributed by atoms with Gasteiger partial charge in [0, 0.05) is 31.2 Å². The monoisotopic (exact) mass is 350 g/mol. The van der Waals surface area contributed by atoms with Crippen molar-refractivity contribution in [1.82, 2.24) is 28.7 Å². The van der Waals surface area contributed by atoms with Crippen LogP contribution in [0.15, 0.2) is 43.1 Å². The summed E-state index contributed by atoms with van der Waals surface area (Å²) in [7, 11) is 1.92. The van der Waals surface area contributed by atoms with Gasteiger partial charge in [-0.1, -0.05) is 0 Å². The molecule has 7 heteroatoms. The lowest BCUT2D eigenvalue weighted by molar-refractivity contribution is 0.186. The molecule has 3 aromatic heterocycles. The second kappa shape index (κ2) is 6.10. The minimum Gasteiger partial charge on any atom is -0.385 e. The summed E-state index contributed by atoms with van der Waals surface area (Å²) >= 11 is 0. The third-order valence-corrected chi connectivity index (χ3v) is 4.64. The van der Waals surface area contributed by atoms with Gasteiger partial charge in [0.15, 0.2) is 5.82 Å². The molecule has 7 nitrogen and oxygen atoms in total. The summed E-state index contributed by atoms with van der Waals surface area (Å²) in [6.07, 6.45) is 6.78. The molecule has 0 saturated heterocycles. The van der Waals surface area contributed by atoms with Gasteiger partial charge in [0.25, 0.3) is 0 Å². The van der Waals surface area contributed by atoms with E-state index in [4.69, 9.17) is 0 Å². The van der Waals surface area contributed by atoms with Gasteiger partial charge in [-0.15, -0.1) is 0 Å². The smallest absolute Gasteiger partial charge is 0.162 e. The van der Waals surface area contributed by atoms with Crippen LogP contribution in [0.5, 0.6) is 0 Å². The molecule has 1 aromatic carbocycles. The number of hydrogen-bond acceptors (Lipinski definition) is 4. The average molecular weight is 350 g/mol. The number of fused-ring (bicyclic) bond motifs is 1. The maximum atomic E-state index is 9.90. The third-order valence-electron chi connectivity index (χ3n) is 4.64. The van der Waals surface area contributed by atoms with E-state index in [1.54, 1.807) is 13.1 Å². The zero-order valence-corrected chi connectivity index (χ0v) is 15.3. The number of hydrogen-bond donors (Lipinski definition) is 1. The number of rotatable bonds is 4. The molecule has 0 saturated carbocycles. The van der Waals surface area contributed by atoms with Crippen LogP contribution < -0.4 is 0 Å². The Labute approximate surface area is 151 Å². The first-order valence-electron chi connectivity index (χ1n) is 8.67. The molecule has 0 radical (unpaired) electrons. The lowest BCUT2D eigenvalue weighted by atomic mass is 10.2. The Morgan fingerprint density at radius 1 is 1.15 bits per heavy atom. The first-order valence-corrected chi connectivity index (χ1v) is 8.67. The van der Waals surface area contributed by atoms with Gasteiger partial charge >= 0.3 is 0 Å². The lowest BCUT2D eigenvalue weighted by Crippen LogP contribution is -2.05. The van der Waals surface area contributed by atoms with E-state index in [0.717, 1.165) is 28.2 Å². The highest BCUT2D eigenvalue weighted by Gasteiger charge is 2.16. The van der Waals surface area contributed by atoms with Crippen molar-refractivity contribution in [1.29, 1.82) is 0 Å². The predicted molar refractivity (Wildman–Crippen MR) is 100 cm³/mol. The van der Waals surface area contributed by atoms with Gasteiger partial charge < -0.3 is 14.2 Å². The number of aryl methyl sites for hydroxylation is 1. The fraction of sp³-hybridized carbons (Fsp3) is 0.316. The molecule has 3 heterocycles. The topological polar surface area (TPSA) is 73.7 Å². The van der Waals surface area contributed by atoms with E-state index in [0.29, 0.717) is 11.9 Å². The van der Waals surface area contributed by atoms with Crippen LogP contribution in [0.4, 0.5) is 0 Å². The van der Waals surface area contributed by atoms with Crippen molar-refractivity contribution < 1.29 is 5.11 Å². The number of aliphatic hydroxyl groups is 1. The van der Waals surface area contributed by atoms with Crippen molar-refractivity contribution in [2.75, 3.05) is 0 Å². The van der Waals surface area contributed by atoms with Gasteiger partial charge in [-0.05, 0) is 39.0 Å². The van der Waals surface area contributed by atoms with Gasteiger partial charge in [0.2, 0.25) is 0 Å². The number of imidazole rings is 3. The SMILES string of the molecule is CC(O)c1nc2cc(-n3ccnc3-c3cncn3C(C)C)ccc2n1C. The summed E-state index contributed by atoms with van der Waals surface area (Å²) in [5.74, 6) is 1.49. The molecule has 0 aliphatic heterocycles. The Balaban J connectivity index is 1.85. The second-order valence-corrected chi connectivity index (χ2v) is 6.78. The van der Waals surface area contributed by atoms with Crippen LogP contribution in [0.3, 0.4) is 0 Å². The first kappa shape index (κ1) is 16.5. The zero-order chi connectivity index (χ0) is 18.4. The van der Waals surface area contributed by atoms with Crippen molar-refractivity contribution in [2.24, 2.45) is 7.05 Å². The molecule has 4 rings (SSSR count). The highest BCUT2D eigenvalue weighted by Crippen LogP contribution is 2.26. The maximum absolute atomic E-state index is 9.90. The molecule has 0 spiro atoms. The van der Waals surface area contributed by atoms with E-state index >= 15 is 0 Å². The molecule has 4 aromatic rings. The predicted octanol–water partition coefficient (Wildman–Crippen LogP) is 3.26. The van der Waals surface area contributed by atoms with Gasteiger partial charge in [0.05, 0.1) is 23.6 Å². The highest BCUT2D eigenvalue weighted by atomic mass is 16.3. The van der Waals surface area contributed by atoms with Crippen LogP contribution in [0.1, 0.15) is 38.7 Å². The minimum atomic E-state index is -0.611. The zero-order valence-electron chi connectivity index (χ0n) is 15.3. The Bertz CT molecular complexity index is 1070. The van der Waals surface area contributed by atoms with E-state index in [2.05, 4.69) is 33.4 Å². The first-order chi connectivity index (χ1) is 12.5. The van der Waals surface area contributed by atoms with Crippen LogP contribution in [0, 0.1) is 0 Å². The van der Waals surface area contributed by atoms with Gasteiger partial charge in [0.1, 0.15) is 17.6 Å². The standard InChI is InChI=1S/C19H22N6O/c1-12(2)25-11-20-10-17(25)19-21-7-8-24(19)14-5-6-16-15(9-14)22-18(13(3)26)23(16)4/h5-13,26H,1-4H3. The third kappa shape index (κ3) is 2.52. The molecular weight excluding hydrogens is 328 g/mol. The average Bonchev–Trinajstić information content (AvgIpc) is 3.32. The number of aliphatic hydroxyl groups excluding tert-OH is 1. The Kier molecular flexibility index (Phi) is 3.88. The van der Waals surface area contributed by atoms with Crippen molar-refractivity contribution >= 4 is 11.0 Å². The fourth-order valence-corrected chi connectivity index (χ4v) is 3.32. The summed E-state index contributed by atoms with van der Waals surface area (Å²) < 4.78 is 6.06. The van der Waals surface area contributed by atoms with E-state index in [-0.39, 0.29) is 0 Å². The molecular formula is C19H22N6O. The van der Waals surface area contributed by atoms with Crippen LogP contribution in [0.2, 0.25) is 0 Å². The van der Waals surface area contributed by atoms with E-state index in [1.165, 1.54) is 0 Å². The summed E-state index contributed by atoms with van der Waals surface area (Å²) in [5, 5.41) is 9.90. The van der Waals surface area contributed by atoms with Crippen LogP contribution in [0.25, 0.3) is 28.2 Å². The van der Waals surface area contributed by atoms with Crippen LogP contribution >= 0.6 is 0 Å². The van der Waals surface area contributed by atoms with E-state index < -0.39 is 6.10 Å². The van der Waals surface area contributed by atoms with E-state index in [9.17, 15) is 5.11 Å². The van der Waals surface area contributed by atoms with Gasteiger partial charge in [-0.2, -0.15) is 0 Å². The second-order valence-electron chi connectivity index (χ2n) is 6.78. The highest BCUT2D eigenvalue weighted by molar-refractivity contribution is 5.79. The van der Waals surface area contributed by atoms with E-state index in [1.807, 2.05) is 53.1 Å². The van der Waals surface area contributed by atoms with Crippen LogP contribution in [-0.2, 0) is 7.05 Å². The van der Waals surface area contributed by atoms with Crippen molar-refractivity contribution in [2.45, 2.75) is 32.9 Å². The fourth-order valence-electron chi connectivity index (χ4n) is 3.32. The van der Waals surface area contributed by atoms with Gasteiger partial charge in [-0.25, -0.2) is 15.0 Å². The Hall–Kier alpha value is -2.93. The number of aromatic nitrogens is 6. The lowest BCUT2D eigenvalue weighted by Gasteiger charge is -2.13. The van der Waals surface area contributed by atoms with Crippen LogP contribution in [-0.4, -0.2) is 33.8 Å². The molecule has 26 heavy (non-hydrogen) atoms. The van der Waals surface area contributed by atoms with Crippen molar-refractivity contribution in [3.8, 4) is 17.2 Å². The Morgan fingerprint density at radius 3 is 2.69 bits per heavy atom. The number of benzene rings is 1. The molecule has 1 atom stereocenters. The summed E-state index contributed by atoms with van der Waals surface area (Å²) in [5.41, 5.74) is 3.77. The molecule has 134 valence electrons. The molecule has 0 fully saturated rings. The molecule has 1 N–H and O–H groups in total. The number of nitrogens with zero attached hydrogens (tertiary/aromatic N) is 6. The minimum absolute atomic E-state index is 0.296. The largest absolute Gasteiger partial charge is 0.385 e. The van der Waals surface area contributed by atoms with Crippen molar-refractivity contribution in [3.63, 3.8) is 0 Å². The Morgan fingerprint density at radius 2 is 1.96 bits per heavy atom. The summed E-state index contributed by atoms with van der Waals surface area (Å²) in [6, 6.07) is 6.37. The summed E-state index contributed by atoms with van der Waals surface area (Å²) in [4.78, 5) is 13.4. The van der Waals surface area contributed by atoms with Crippen molar-refractivity contribution in [3.05, 3.63) is 48.9 Å². The molecule has 0 bridgehead atoms. The maximum Gasteiger partial charge on any atom is 0.162 e. The summed E-state index contributed by atoms with van der Waals surface area (Å²) in [6.45, 7) is 5.97. The normalized spacial score (nSPS) is 13.0. The quantitative estimate of drug-likeness (QED) is 0.613.